The van der Waals surface area contributed by atoms with Crippen molar-refractivity contribution >= 4 is 34.8 Å². The van der Waals surface area contributed by atoms with Gasteiger partial charge in [0.1, 0.15) is 0 Å². The van der Waals surface area contributed by atoms with E-state index in [1.807, 2.05) is 18.2 Å². The highest BCUT2D eigenvalue weighted by molar-refractivity contribution is 6.42. The van der Waals surface area contributed by atoms with Crippen molar-refractivity contribution in [2.75, 3.05) is 0 Å². The van der Waals surface area contributed by atoms with E-state index in [1.54, 1.807) is 0 Å². The lowest BCUT2D eigenvalue weighted by Gasteiger charge is -2.18. The summed E-state index contributed by atoms with van der Waals surface area (Å²) < 4.78 is 0. The van der Waals surface area contributed by atoms with Crippen LogP contribution in [-0.2, 0) is 11.8 Å². The van der Waals surface area contributed by atoms with Crippen LogP contribution < -0.4 is 0 Å². The molecule has 3 heteroatoms. The van der Waals surface area contributed by atoms with Crippen molar-refractivity contribution in [1.29, 1.82) is 0 Å². The summed E-state index contributed by atoms with van der Waals surface area (Å²) in [5.74, 6) is 0.517. The third-order valence-corrected chi connectivity index (χ3v) is 6.04. The molecular weight excluding hydrogens is 335 g/mol. The van der Waals surface area contributed by atoms with Gasteiger partial charge in [0.05, 0.1) is 10.0 Å². The van der Waals surface area contributed by atoms with Crippen LogP contribution in [0.3, 0.4) is 0 Å². The Morgan fingerprint density at radius 2 is 1.64 bits per heavy atom. The average Bonchev–Trinajstić information content (AvgIpc) is 3.26. The van der Waals surface area contributed by atoms with Gasteiger partial charge in [-0.3, -0.25) is 0 Å². The van der Waals surface area contributed by atoms with Crippen molar-refractivity contribution in [3.8, 4) is 0 Å². The van der Waals surface area contributed by atoms with Gasteiger partial charge in [0.15, 0.2) is 0 Å². The van der Waals surface area contributed by atoms with Crippen LogP contribution in [0.25, 0.3) is 0 Å². The summed E-state index contributed by atoms with van der Waals surface area (Å²) >= 11 is 18.5. The molecule has 0 N–H and O–H groups in total. The summed E-state index contributed by atoms with van der Waals surface area (Å²) in [5.41, 5.74) is 4.25. The average molecular weight is 354 g/mol. The highest BCUT2D eigenvalue weighted by Crippen LogP contribution is 2.63. The van der Waals surface area contributed by atoms with Crippen LogP contribution in [0.15, 0.2) is 36.4 Å². The summed E-state index contributed by atoms with van der Waals surface area (Å²) in [6.07, 6.45) is 3.25. The zero-order chi connectivity index (χ0) is 15.9. The van der Waals surface area contributed by atoms with Crippen molar-refractivity contribution in [2.24, 2.45) is 0 Å². The van der Waals surface area contributed by atoms with E-state index in [-0.39, 0.29) is 5.41 Å². The van der Waals surface area contributed by atoms with Gasteiger partial charge < -0.3 is 0 Å². The Morgan fingerprint density at radius 1 is 1.00 bits per heavy atom. The second-order valence-electron chi connectivity index (χ2n) is 6.09. The van der Waals surface area contributed by atoms with Crippen LogP contribution >= 0.6 is 34.8 Å². The first-order valence-electron chi connectivity index (χ1n) is 7.75. The Balaban J connectivity index is 2.01. The number of benzene rings is 2. The molecule has 1 saturated carbocycles. The minimum Gasteiger partial charge on any atom is -0.0843 e. The molecule has 0 nitrogen and oxygen atoms in total. The molecule has 2 atom stereocenters. The fraction of sp³-hybridized carbons (Fsp3) is 0.368. The SMILES string of the molecule is CCc1cc(Cl)c(Cl)cc1C1CC1(CC)c1ccc(Cl)cc1. The number of aryl methyl sites for hydroxylation is 1. The van der Waals surface area contributed by atoms with Gasteiger partial charge in [-0.1, -0.05) is 60.8 Å². The maximum absolute atomic E-state index is 6.27. The standard InChI is InChI=1S/C19H19Cl3/c1-3-12-9-17(21)18(22)10-15(12)16-11-19(16,4-2)13-5-7-14(20)8-6-13/h5-10,16H,3-4,11H2,1-2H3. The molecule has 3 rings (SSSR count). The van der Waals surface area contributed by atoms with Gasteiger partial charge in [-0.2, -0.15) is 0 Å². The predicted octanol–water partition coefficient (Wildman–Crippen LogP) is 7.04. The molecule has 2 unspecified atom stereocenters. The van der Waals surface area contributed by atoms with Crippen molar-refractivity contribution < 1.29 is 0 Å². The molecule has 0 aromatic heterocycles. The van der Waals surface area contributed by atoms with E-state index in [1.165, 1.54) is 16.7 Å². The fourth-order valence-corrected chi connectivity index (χ4v) is 4.13. The normalized spacial score (nSPS) is 23.6. The van der Waals surface area contributed by atoms with Crippen LogP contribution in [-0.4, -0.2) is 0 Å². The van der Waals surface area contributed by atoms with Gasteiger partial charge in [0, 0.05) is 10.4 Å². The molecule has 22 heavy (non-hydrogen) atoms. The van der Waals surface area contributed by atoms with Crippen LogP contribution in [0.1, 0.15) is 49.3 Å². The van der Waals surface area contributed by atoms with Gasteiger partial charge in [0.2, 0.25) is 0 Å². The third-order valence-electron chi connectivity index (χ3n) is 5.06. The molecule has 116 valence electrons. The molecular formula is C19H19Cl3. The minimum atomic E-state index is 0.214. The maximum Gasteiger partial charge on any atom is 0.0595 e. The van der Waals surface area contributed by atoms with Crippen molar-refractivity contribution in [3.05, 3.63) is 68.2 Å². The number of hydrogen-bond acceptors (Lipinski definition) is 0. The van der Waals surface area contributed by atoms with Crippen molar-refractivity contribution in [2.45, 2.75) is 44.4 Å². The first-order chi connectivity index (χ1) is 10.5. The Bertz CT molecular complexity index is 691. The number of rotatable bonds is 4. The van der Waals surface area contributed by atoms with Gasteiger partial charge in [-0.05, 0) is 66.1 Å². The van der Waals surface area contributed by atoms with E-state index in [2.05, 4.69) is 32.0 Å². The molecule has 0 spiro atoms. The quantitative estimate of drug-likeness (QED) is 0.552. The van der Waals surface area contributed by atoms with Crippen LogP contribution in [0, 0.1) is 0 Å². The summed E-state index contributed by atoms with van der Waals surface area (Å²) in [6, 6.07) is 12.4. The minimum absolute atomic E-state index is 0.214. The summed E-state index contributed by atoms with van der Waals surface area (Å²) in [7, 11) is 0. The molecule has 0 heterocycles. The van der Waals surface area contributed by atoms with E-state index in [0.29, 0.717) is 16.0 Å². The van der Waals surface area contributed by atoms with Crippen molar-refractivity contribution in [1.82, 2.24) is 0 Å². The van der Waals surface area contributed by atoms with Crippen LogP contribution in [0.5, 0.6) is 0 Å². The molecule has 0 amide bonds. The Hall–Kier alpha value is -0.690. The number of hydrogen-bond donors (Lipinski definition) is 0. The Morgan fingerprint density at radius 3 is 2.23 bits per heavy atom. The molecule has 1 fully saturated rings. The summed E-state index contributed by atoms with van der Waals surface area (Å²) in [6.45, 7) is 4.43. The zero-order valence-electron chi connectivity index (χ0n) is 12.8. The van der Waals surface area contributed by atoms with Crippen LogP contribution in [0.2, 0.25) is 15.1 Å². The topological polar surface area (TPSA) is 0 Å². The molecule has 1 aliphatic carbocycles. The molecule has 0 bridgehead atoms. The Kier molecular flexibility index (Phi) is 4.47. The largest absolute Gasteiger partial charge is 0.0843 e. The lowest BCUT2D eigenvalue weighted by Crippen LogP contribution is -2.09. The van der Waals surface area contributed by atoms with Gasteiger partial charge >= 0.3 is 0 Å². The van der Waals surface area contributed by atoms with E-state index in [0.717, 1.165) is 24.3 Å². The lowest BCUT2D eigenvalue weighted by atomic mass is 9.87. The molecule has 2 aromatic rings. The number of halogens is 3. The summed E-state index contributed by atoms with van der Waals surface area (Å²) in [4.78, 5) is 0. The van der Waals surface area contributed by atoms with Crippen molar-refractivity contribution in [3.63, 3.8) is 0 Å². The fourth-order valence-electron chi connectivity index (χ4n) is 3.64. The van der Waals surface area contributed by atoms with E-state index >= 15 is 0 Å². The predicted molar refractivity (Wildman–Crippen MR) is 96.6 cm³/mol. The highest BCUT2D eigenvalue weighted by Gasteiger charge is 2.54. The van der Waals surface area contributed by atoms with E-state index < -0.39 is 0 Å². The first-order valence-corrected chi connectivity index (χ1v) is 8.89. The second-order valence-corrected chi connectivity index (χ2v) is 7.34. The highest BCUT2D eigenvalue weighted by atomic mass is 35.5. The molecule has 2 aromatic carbocycles. The van der Waals surface area contributed by atoms with E-state index in [4.69, 9.17) is 34.8 Å². The second kappa shape index (κ2) is 6.07. The van der Waals surface area contributed by atoms with Crippen LogP contribution in [0.4, 0.5) is 0 Å². The molecule has 0 aliphatic heterocycles. The Labute approximate surface area is 147 Å². The molecule has 0 radical (unpaired) electrons. The van der Waals surface area contributed by atoms with Gasteiger partial charge in [-0.25, -0.2) is 0 Å². The molecule has 1 aliphatic rings. The zero-order valence-corrected chi connectivity index (χ0v) is 15.1. The molecule has 0 saturated heterocycles. The maximum atomic E-state index is 6.27. The van der Waals surface area contributed by atoms with E-state index in [9.17, 15) is 0 Å². The third kappa shape index (κ3) is 2.66. The lowest BCUT2D eigenvalue weighted by molar-refractivity contribution is 0.636. The smallest absolute Gasteiger partial charge is 0.0595 e. The van der Waals surface area contributed by atoms with Gasteiger partial charge in [0.25, 0.3) is 0 Å². The van der Waals surface area contributed by atoms with Gasteiger partial charge in [-0.15, -0.1) is 0 Å². The first kappa shape index (κ1) is 16.2. The monoisotopic (exact) mass is 352 g/mol. The summed E-state index contributed by atoms with van der Waals surface area (Å²) in [5, 5.41) is 2.09.